The Morgan fingerprint density at radius 3 is 2.55 bits per heavy atom. The maximum Gasteiger partial charge on any atom is 0.410 e. The van der Waals surface area contributed by atoms with Crippen molar-refractivity contribution < 1.29 is 19.1 Å². The van der Waals surface area contributed by atoms with E-state index < -0.39 is 17.4 Å². The summed E-state index contributed by atoms with van der Waals surface area (Å²) in [5, 5.41) is 10.8. The number of likely N-dealkylation sites (tertiary alicyclic amines) is 1. The van der Waals surface area contributed by atoms with Gasteiger partial charge < -0.3 is 10.1 Å². The zero-order valence-corrected chi connectivity index (χ0v) is 21.4. The molecule has 2 saturated heterocycles. The SMILES string of the molecule is N=C1SC(c2ccc(NC(=O)[C@@H]3CCCN3C(=O)OCc3ccccc3)cc2)C(=O)N1Cc1ccccn1. The maximum absolute atomic E-state index is 13.0. The van der Waals surface area contributed by atoms with Gasteiger partial charge in [-0.3, -0.25) is 29.8 Å². The van der Waals surface area contributed by atoms with Gasteiger partial charge in [-0.05, 0) is 48.2 Å². The van der Waals surface area contributed by atoms with Crippen molar-refractivity contribution in [2.24, 2.45) is 0 Å². The van der Waals surface area contributed by atoms with Crippen LogP contribution < -0.4 is 5.32 Å². The lowest BCUT2D eigenvalue weighted by Gasteiger charge is -2.23. The fraction of sp³-hybridized carbons (Fsp3) is 0.250. The second-order valence-corrected chi connectivity index (χ2v) is 10.1. The summed E-state index contributed by atoms with van der Waals surface area (Å²) in [6, 6.07) is 21.3. The largest absolute Gasteiger partial charge is 0.445 e. The van der Waals surface area contributed by atoms with Crippen molar-refractivity contribution in [3.63, 3.8) is 0 Å². The van der Waals surface area contributed by atoms with Crippen molar-refractivity contribution in [3.05, 3.63) is 95.8 Å². The summed E-state index contributed by atoms with van der Waals surface area (Å²) in [6.45, 7) is 0.870. The van der Waals surface area contributed by atoms with Gasteiger partial charge in [-0.25, -0.2) is 4.79 Å². The Morgan fingerprint density at radius 1 is 1.05 bits per heavy atom. The third-order valence-electron chi connectivity index (χ3n) is 6.49. The highest BCUT2D eigenvalue weighted by Gasteiger charge is 2.38. The second-order valence-electron chi connectivity index (χ2n) is 9.05. The first kappa shape index (κ1) is 25.5. The van der Waals surface area contributed by atoms with Crippen LogP contribution in [0.3, 0.4) is 0 Å². The molecule has 0 spiro atoms. The molecule has 2 atom stereocenters. The number of amidine groups is 1. The summed E-state index contributed by atoms with van der Waals surface area (Å²) < 4.78 is 5.43. The van der Waals surface area contributed by atoms with E-state index in [9.17, 15) is 14.4 Å². The van der Waals surface area contributed by atoms with Crippen LogP contribution in [0.5, 0.6) is 0 Å². The van der Waals surface area contributed by atoms with Gasteiger partial charge in [0.25, 0.3) is 0 Å². The molecule has 9 nitrogen and oxygen atoms in total. The average Bonchev–Trinajstić information content (AvgIpc) is 3.55. The highest BCUT2D eigenvalue weighted by Crippen LogP contribution is 2.39. The molecule has 2 aliphatic heterocycles. The van der Waals surface area contributed by atoms with Crippen LogP contribution in [0.1, 0.15) is 34.9 Å². The number of hydrogen-bond acceptors (Lipinski definition) is 7. The third kappa shape index (κ3) is 5.70. The molecule has 2 aromatic carbocycles. The first-order valence-electron chi connectivity index (χ1n) is 12.3. The van der Waals surface area contributed by atoms with Gasteiger partial charge in [0.15, 0.2) is 5.17 Å². The number of anilines is 1. The number of ether oxygens (including phenoxy) is 1. The Labute approximate surface area is 224 Å². The molecule has 0 aliphatic carbocycles. The minimum Gasteiger partial charge on any atom is -0.445 e. The van der Waals surface area contributed by atoms with E-state index in [0.29, 0.717) is 18.7 Å². The molecule has 3 heterocycles. The topological polar surface area (TPSA) is 116 Å². The van der Waals surface area contributed by atoms with Gasteiger partial charge in [-0.2, -0.15) is 0 Å². The van der Waals surface area contributed by atoms with E-state index in [4.69, 9.17) is 10.1 Å². The van der Waals surface area contributed by atoms with Crippen molar-refractivity contribution in [1.82, 2.24) is 14.8 Å². The molecule has 2 fully saturated rings. The number of nitrogens with one attached hydrogen (secondary N) is 2. The Kier molecular flexibility index (Phi) is 7.69. The Bertz CT molecular complexity index is 1320. The molecule has 2 aliphatic rings. The van der Waals surface area contributed by atoms with Crippen molar-refractivity contribution in [1.29, 1.82) is 5.41 Å². The fourth-order valence-electron chi connectivity index (χ4n) is 4.51. The summed E-state index contributed by atoms with van der Waals surface area (Å²) in [6.07, 6.45) is 2.44. The fourth-order valence-corrected chi connectivity index (χ4v) is 5.53. The quantitative estimate of drug-likeness (QED) is 0.463. The Balaban J connectivity index is 1.17. The van der Waals surface area contributed by atoms with E-state index in [1.54, 1.807) is 36.5 Å². The van der Waals surface area contributed by atoms with E-state index in [1.807, 2.05) is 42.5 Å². The van der Waals surface area contributed by atoms with E-state index in [-0.39, 0.29) is 30.1 Å². The number of thioether (sulfide) groups is 1. The monoisotopic (exact) mass is 529 g/mol. The molecule has 0 bridgehead atoms. The maximum atomic E-state index is 13.0. The smallest absolute Gasteiger partial charge is 0.410 e. The number of nitrogens with zero attached hydrogens (tertiary/aromatic N) is 3. The van der Waals surface area contributed by atoms with Crippen LogP contribution in [0.15, 0.2) is 79.0 Å². The number of carbonyl (C=O) groups is 3. The molecule has 1 aromatic heterocycles. The summed E-state index contributed by atoms with van der Waals surface area (Å²) in [5.74, 6) is -0.445. The van der Waals surface area contributed by atoms with E-state index in [0.717, 1.165) is 23.2 Å². The summed E-state index contributed by atoms with van der Waals surface area (Å²) in [5.41, 5.74) is 2.92. The van der Waals surface area contributed by atoms with Crippen molar-refractivity contribution in [3.8, 4) is 0 Å². The molecule has 38 heavy (non-hydrogen) atoms. The first-order chi connectivity index (χ1) is 18.5. The Morgan fingerprint density at radius 2 is 1.82 bits per heavy atom. The minimum atomic E-state index is -0.606. The van der Waals surface area contributed by atoms with Gasteiger partial charge >= 0.3 is 6.09 Å². The summed E-state index contributed by atoms with van der Waals surface area (Å²) >= 11 is 1.19. The molecular weight excluding hydrogens is 502 g/mol. The lowest BCUT2D eigenvalue weighted by atomic mass is 10.1. The van der Waals surface area contributed by atoms with Crippen LogP contribution in [0.25, 0.3) is 0 Å². The molecule has 0 radical (unpaired) electrons. The molecule has 2 N–H and O–H groups in total. The normalized spacial score (nSPS) is 19.1. The third-order valence-corrected chi connectivity index (χ3v) is 7.64. The number of amides is 3. The van der Waals surface area contributed by atoms with E-state index in [2.05, 4.69) is 10.3 Å². The van der Waals surface area contributed by atoms with Gasteiger partial charge in [-0.1, -0.05) is 60.3 Å². The highest BCUT2D eigenvalue weighted by atomic mass is 32.2. The van der Waals surface area contributed by atoms with Crippen molar-refractivity contribution in [2.45, 2.75) is 37.3 Å². The molecule has 10 heteroatoms. The van der Waals surface area contributed by atoms with Crippen molar-refractivity contribution in [2.75, 3.05) is 11.9 Å². The summed E-state index contributed by atoms with van der Waals surface area (Å²) in [7, 11) is 0. The van der Waals surface area contributed by atoms with Crippen LogP contribution in [-0.4, -0.2) is 50.4 Å². The average molecular weight is 530 g/mol. The van der Waals surface area contributed by atoms with E-state index >= 15 is 0 Å². The predicted molar refractivity (Wildman–Crippen MR) is 144 cm³/mol. The Hall–Kier alpha value is -4.18. The van der Waals surface area contributed by atoms with Gasteiger partial charge in [0, 0.05) is 18.4 Å². The molecule has 1 unspecified atom stereocenters. The minimum absolute atomic E-state index is 0.153. The molecular formula is C28H27N5O4S. The van der Waals surface area contributed by atoms with Crippen LogP contribution in [0, 0.1) is 5.41 Å². The molecule has 5 rings (SSSR count). The highest BCUT2D eigenvalue weighted by molar-refractivity contribution is 8.15. The van der Waals surface area contributed by atoms with Gasteiger partial charge in [-0.15, -0.1) is 0 Å². The van der Waals surface area contributed by atoms with Crippen LogP contribution in [0.2, 0.25) is 0 Å². The predicted octanol–water partition coefficient (Wildman–Crippen LogP) is 4.57. The zero-order valence-electron chi connectivity index (χ0n) is 20.6. The number of pyridine rings is 1. The lowest BCUT2D eigenvalue weighted by molar-refractivity contribution is -0.126. The van der Waals surface area contributed by atoms with Crippen molar-refractivity contribution >= 4 is 40.5 Å². The molecule has 3 aromatic rings. The van der Waals surface area contributed by atoms with Crippen LogP contribution in [0.4, 0.5) is 10.5 Å². The number of hydrogen-bond donors (Lipinski definition) is 2. The zero-order chi connectivity index (χ0) is 26.5. The molecule has 3 amide bonds. The first-order valence-corrected chi connectivity index (χ1v) is 13.2. The van der Waals surface area contributed by atoms with Gasteiger partial charge in [0.2, 0.25) is 11.8 Å². The number of rotatable bonds is 7. The molecule has 194 valence electrons. The lowest BCUT2D eigenvalue weighted by Crippen LogP contribution is -2.43. The molecule has 0 saturated carbocycles. The van der Waals surface area contributed by atoms with Crippen LogP contribution in [-0.2, 0) is 27.5 Å². The number of benzene rings is 2. The van der Waals surface area contributed by atoms with Crippen LogP contribution >= 0.6 is 11.8 Å². The van der Waals surface area contributed by atoms with E-state index in [1.165, 1.54) is 21.6 Å². The number of aromatic nitrogens is 1. The van der Waals surface area contributed by atoms with Gasteiger partial charge in [0.1, 0.15) is 17.9 Å². The second kappa shape index (κ2) is 11.5. The summed E-state index contributed by atoms with van der Waals surface area (Å²) in [4.78, 5) is 45.8. The van der Waals surface area contributed by atoms with Gasteiger partial charge in [0.05, 0.1) is 12.2 Å². The number of carbonyl (C=O) groups excluding carboxylic acids is 3. The standard InChI is InChI=1S/C28H27N5O4S/c29-27-33(17-22-9-4-5-15-30-22)26(35)24(38-27)20-11-13-21(14-12-20)31-25(34)23-10-6-16-32(23)28(36)37-18-19-7-2-1-3-8-19/h1-5,7-9,11-15,23-24,29H,6,10,16-18H2,(H,31,34)/t23-,24?/m0/s1.